The van der Waals surface area contributed by atoms with E-state index in [-0.39, 0.29) is 18.4 Å². The molecular formula is C16H19NO3. The second kappa shape index (κ2) is 6.37. The predicted octanol–water partition coefficient (Wildman–Crippen LogP) is 2.38. The van der Waals surface area contributed by atoms with Crippen LogP contribution in [-0.4, -0.2) is 27.9 Å². The van der Waals surface area contributed by atoms with Gasteiger partial charge in [0.15, 0.2) is 0 Å². The second-order valence-electron chi connectivity index (χ2n) is 5.07. The molecule has 1 aliphatic heterocycles. The van der Waals surface area contributed by atoms with Crippen molar-refractivity contribution in [2.45, 2.75) is 38.3 Å². The van der Waals surface area contributed by atoms with Crippen LogP contribution >= 0.6 is 0 Å². The smallest absolute Gasteiger partial charge is 0.305 e. The molecule has 0 saturated carbocycles. The lowest BCUT2D eigenvalue weighted by molar-refractivity contribution is -0.141. The van der Waals surface area contributed by atoms with Crippen molar-refractivity contribution in [2.75, 3.05) is 0 Å². The van der Waals surface area contributed by atoms with Gasteiger partial charge in [-0.3, -0.25) is 9.59 Å². The summed E-state index contributed by atoms with van der Waals surface area (Å²) in [5.74, 6) is -0.860. The Morgan fingerprint density at radius 1 is 1.35 bits per heavy atom. The minimum Gasteiger partial charge on any atom is -0.481 e. The number of nitrogens with zero attached hydrogens (tertiary/aromatic N) is 1. The zero-order valence-corrected chi connectivity index (χ0v) is 11.4. The van der Waals surface area contributed by atoms with Crippen molar-refractivity contribution in [3.05, 3.63) is 48.0 Å². The van der Waals surface area contributed by atoms with E-state index >= 15 is 0 Å². The standard InChI is InChI=1S/C16H19NO3/c1-2-3-8-15(18)17-11-13-7-5-4-6-12(13)9-14(17)10-16(19)20/h2,4-7,14H,1,3,8-11H2,(H,19,20)/t14-/m0/s1. The number of hydrogen-bond donors (Lipinski definition) is 1. The molecule has 4 nitrogen and oxygen atoms in total. The summed E-state index contributed by atoms with van der Waals surface area (Å²) in [5.41, 5.74) is 2.26. The largest absolute Gasteiger partial charge is 0.481 e. The van der Waals surface area contributed by atoms with Crippen LogP contribution in [0.2, 0.25) is 0 Å². The Balaban J connectivity index is 2.20. The summed E-state index contributed by atoms with van der Waals surface area (Å²) in [4.78, 5) is 25.0. The Morgan fingerprint density at radius 2 is 2.05 bits per heavy atom. The topological polar surface area (TPSA) is 57.6 Å². The molecule has 0 aromatic heterocycles. The van der Waals surface area contributed by atoms with Gasteiger partial charge in [-0.25, -0.2) is 0 Å². The Morgan fingerprint density at radius 3 is 2.70 bits per heavy atom. The summed E-state index contributed by atoms with van der Waals surface area (Å²) in [6, 6.07) is 7.66. The van der Waals surface area contributed by atoms with Crippen molar-refractivity contribution in [1.29, 1.82) is 0 Å². The average Bonchev–Trinajstić information content (AvgIpc) is 2.43. The third kappa shape index (κ3) is 3.26. The fourth-order valence-corrected chi connectivity index (χ4v) is 2.63. The number of hydrogen-bond acceptors (Lipinski definition) is 2. The molecule has 0 aliphatic carbocycles. The van der Waals surface area contributed by atoms with Crippen LogP contribution in [0.25, 0.3) is 0 Å². The number of aliphatic carboxylic acids is 1. The summed E-state index contributed by atoms with van der Waals surface area (Å²) in [6.45, 7) is 4.12. The maximum absolute atomic E-state index is 12.2. The number of allylic oxidation sites excluding steroid dienone is 1. The molecule has 2 rings (SSSR count). The van der Waals surface area contributed by atoms with Gasteiger partial charge in [0.1, 0.15) is 0 Å². The van der Waals surface area contributed by atoms with Crippen molar-refractivity contribution < 1.29 is 14.7 Å². The molecule has 1 N–H and O–H groups in total. The van der Waals surface area contributed by atoms with Crippen molar-refractivity contribution in [2.24, 2.45) is 0 Å². The number of amides is 1. The fraction of sp³-hybridized carbons (Fsp3) is 0.375. The number of carbonyl (C=O) groups excluding carboxylic acids is 1. The summed E-state index contributed by atoms with van der Waals surface area (Å²) < 4.78 is 0. The minimum absolute atomic E-state index is 0.00523. The first-order valence-electron chi connectivity index (χ1n) is 6.80. The van der Waals surface area contributed by atoms with Gasteiger partial charge in [-0.05, 0) is 24.0 Å². The van der Waals surface area contributed by atoms with E-state index in [1.165, 1.54) is 0 Å². The zero-order valence-electron chi connectivity index (χ0n) is 11.4. The van der Waals surface area contributed by atoms with Crippen LogP contribution in [0.3, 0.4) is 0 Å². The SMILES string of the molecule is C=CCCC(=O)N1Cc2ccccc2C[C@H]1CC(=O)O. The number of rotatable bonds is 5. The maximum atomic E-state index is 12.2. The highest BCUT2D eigenvalue weighted by molar-refractivity contribution is 5.78. The third-order valence-corrected chi connectivity index (χ3v) is 3.65. The lowest BCUT2D eigenvalue weighted by atomic mass is 9.92. The molecule has 0 saturated heterocycles. The Kier molecular flexibility index (Phi) is 4.56. The summed E-state index contributed by atoms with van der Waals surface area (Å²) in [7, 11) is 0. The molecule has 106 valence electrons. The minimum atomic E-state index is -0.865. The molecule has 0 spiro atoms. The van der Waals surface area contributed by atoms with Crippen molar-refractivity contribution in [1.82, 2.24) is 4.90 Å². The van der Waals surface area contributed by atoms with Gasteiger partial charge in [0, 0.05) is 19.0 Å². The van der Waals surface area contributed by atoms with Gasteiger partial charge in [0.25, 0.3) is 0 Å². The highest BCUT2D eigenvalue weighted by Crippen LogP contribution is 2.25. The lowest BCUT2D eigenvalue weighted by Crippen LogP contribution is -2.45. The normalized spacial score (nSPS) is 17.4. The number of fused-ring (bicyclic) bond motifs is 1. The van der Waals surface area contributed by atoms with Crippen LogP contribution in [0.4, 0.5) is 0 Å². The summed E-state index contributed by atoms with van der Waals surface area (Å²) >= 11 is 0. The van der Waals surface area contributed by atoms with E-state index in [0.717, 1.165) is 11.1 Å². The molecule has 1 aliphatic rings. The molecule has 0 fully saturated rings. The molecule has 1 heterocycles. The molecular weight excluding hydrogens is 254 g/mol. The van der Waals surface area contributed by atoms with Crippen molar-refractivity contribution >= 4 is 11.9 Å². The van der Waals surface area contributed by atoms with Gasteiger partial charge in [-0.15, -0.1) is 6.58 Å². The molecule has 0 radical (unpaired) electrons. The molecule has 20 heavy (non-hydrogen) atoms. The maximum Gasteiger partial charge on any atom is 0.305 e. The Labute approximate surface area is 118 Å². The van der Waals surface area contributed by atoms with Crippen LogP contribution < -0.4 is 0 Å². The second-order valence-corrected chi connectivity index (χ2v) is 5.07. The Hall–Kier alpha value is -2.10. The van der Waals surface area contributed by atoms with E-state index in [9.17, 15) is 9.59 Å². The monoisotopic (exact) mass is 273 g/mol. The number of carbonyl (C=O) groups is 2. The van der Waals surface area contributed by atoms with Crippen LogP contribution in [0.5, 0.6) is 0 Å². The molecule has 1 aromatic carbocycles. The van der Waals surface area contributed by atoms with Gasteiger partial charge in [0.05, 0.1) is 6.42 Å². The van der Waals surface area contributed by atoms with E-state index in [1.54, 1.807) is 11.0 Å². The fourth-order valence-electron chi connectivity index (χ4n) is 2.63. The van der Waals surface area contributed by atoms with Gasteiger partial charge < -0.3 is 10.0 Å². The third-order valence-electron chi connectivity index (χ3n) is 3.65. The van der Waals surface area contributed by atoms with E-state index in [4.69, 9.17) is 5.11 Å². The van der Waals surface area contributed by atoms with Crippen molar-refractivity contribution in [3.8, 4) is 0 Å². The van der Waals surface area contributed by atoms with E-state index in [1.807, 2.05) is 24.3 Å². The average molecular weight is 273 g/mol. The lowest BCUT2D eigenvalue weighted by Gasteiger charge is -2.36. The highest BCUT2D eigenvalue weighted by Gasteiger charge is 2.30. The van der Waals surface area contributed by atoms with E-state index < -0.39 is 5.97 Å². The van der Waals surface area contributed by atoms with Crippen LogP contribution in [-0.2, 0) is 22.6 Å². The van der Waals surface area contributed by atoms with Crippen LogP contribution in [0, 0.1) is 0 Å². The van der Waals surface area contributed by atoms with Gasteiger partial charge >= 0.3 is 5.97 Å². The van der Waals surface area contributed by atoms with Crippen LogP contribution in [0.1, 0.15) is 30.4 Å². The van der Waals surface area contributed by atoms with Gasteiger partial charge in [0.2, 0.25) is 5.91 Å². The van der Waals surface area contributed by atoms with Crippen molar-refractivity contribution in [3.63, 3.8) is 0 Å². The van der Waals surface area contributed by atoms with E-state index in [2.05, 4.69) is 6.58 Å². The summed E-state index contributed by atoms with van der Waals surface area (Å²) in [5, 5.41) is 9.04. The molecule has 0 bridgehead atoms. The number of carboxylic acids is 1. The van der Waals surface area contributed by atoms with Gasteiger partial charge in [-0.2, -0.15) is 0 Å². The molecule has 1 aromatic rings. The van der Waals surface area contributed by atoms with Crippen LogP contribution in [0.15, 0.2) is 36.9 Å². The first kappa shape index (κ1) is 14.3. The molecule has 4 heteroatoms. The number of benzene rings is 1. The number of carboxylic acid groups (broad SMARTS) is 1. The molecule has 0 unspecified atom stereocenters. The summed E-state index contributed by atoms with van der Waals surface area (Å²) in [6.07, 6.45) is 3.33. The Bertz CT molecular complexity index is 524. The predicted molar refractivity (Wildman–Crippen MR) is 76.2 cm³/mol. The highest BCUT2D eigenvalue weighted by atomic mass is 16.4. The zero-order chi connectivity index (χ0) is 14.5. The van der Waals surface area contributed by atoms with Gasteiger partial charge in [-0.1, -0.05) is 30.3 Å². The molecule has 1 amide bonds. The molecule has 1 atom stereocenters. The first-order chi connectivity index (χ1) is 9.61. The van der Waals surface area contributed by atoms with E-state index in [0.29, 0.717) is 25.8 Å². The quantitative estimate of drug-likeness (QED) is 0.838. The first-order valence-corrected chi connectivity index (χ1v) is 6.80.